The van der Waals surface area contributed by atoms with Crippen LogP contribution in [-0.4, -0.2) is 35.2 Å². The van der Waals surface area contributed by atoms with E-state index in [0.29, 0.717) is 5.92 Å². The Morgan fingerprint density at radius 2 is 2.25 bits per heavy atom. The maximum atomic E-state index is 12.4. The lowest BCUT2D eigenvalue weighted by atomic mass is 9.98. The highest BCUT2D eigenvalue weighted by Gasteiger charge is 2.28. The predicted octanol–water partition coefficient (Wildman–Crippen LogP) is 3.11. The predicted molar refractivity (Wildman–Crippen MR) is 81.1 cm³/mol. The second-order valence-electron chi connectivity index (χ2n) is 5.80. The summed E-state index contributed by atoms with van der Waals surface area (Å²) in [4.78, 5) is 14.2. The minimum Gasteiger partial charge on any atom is -0.394 e. The van der Waals surface area contributed by atoms with Gasteiger partial charge in [0.05, 0.1) is 12.6 Å². The number of carbonyl (C=O) groups is 1. The topological polar surface area (TPSA) is 52.6 Å². The minimum absolute atomic E-state index is 0.0399. The third-order valence-corrected chi connectivity index (χ3v) is 4.01. The highest BCUT2D eigenvalue weighted by atomic mass is 16.3. The summed E-state index contributed by atoms with van der Waals surface area (Å²) < 4.78 is 0. The van der Waals surface area contributed by atoms with Crippen LogP contribution < -0.4 is 5.32 Å². The summed E-state index contributed by atoms with van der Waals surface area (Å²) >= 11 is 0. The van der Waals surface area contributed by atoms with E-state index in [1.54, 1.807) is 4.90 Å². The summed E-state index contributed by atoms with van der Waals surface area (Å²) in [7, 11) is 0. The van der Waals surface area contributed by atoms with Crippen LogP contribution in [0.1, 0.15) is 43.7 Å². The van der Waals surface area contributed by atoms with Gasteiger partial charge in [0.15, 0.2) is 0 Å². The van der Waals surface area contributed by atoms with Gasteiger partial charge in [0.2, 0.25) is 0 Å². The number of aryl methyl sites for hydroxylation is 1. The van der Waals surface area contributed by atoms with Gasteiger partial charge in [-0.15, -0.1) is 0 Å². The lowest BCUT2D eigenvalue weighted by molar-refractivity contribution is 0.166. The van der Waals surface area contributed by atoms with Crippen LogP contribution in [0.5, 0.6) is 0 Å². The van der Waals surface area contributed by atoms with Crippen LogP contribution in [0, 0.1) is 6.92 Å². The lowest BCUT2D eigenvalue weighted by Crippen LogP contribution is -2.40. The number of amides is 2. The number of aliphatic hydroxyl groups excluding tert-OH is 1. The molecule has 2 amide bonds. The van der Waals surface area contributed by atoms with Crippen LogP contribution in [-0.2, 0) is 0 Å². The van der Waals surface area contributed by atoms with E-state index in [1.165, 1.54) is 0 Å². The van der Waals surface area contributed by atoms with E-state index < -0.39 is 0 Å². The maximum absolute atomic E-state index is 12.4. The molecule has 0 saturated carbocycles. The summed E-state index contributed by atoms with van der Waals surface area (Å²) in [6.45, 7) is 7.01. The highest BCUT2D eigenvalue weighted by molar-refractivity contribution is 5.91. The van der Waals surface area contributed by atoms with Crippen LogP contribution in [0.3, 0.4) is 0 Å². The number of rotatable bonds is 3. The van der Waals surface area contributed by atoms with Gasteiger partial charge in [0.1, 0.15) is 0 Å². The molecule has 0 radical (unpaired) electrons. The normalized spacial score (nSPS) is 18.6. The molecule has 1 fully saturated rings. The monoisotopic (exact) mass is 276 g/mol. The summed E-state index contributed by atoms with van der Waals surface area (Å²) in [6.07, 6.45) is 1.85. The standard InChI is InChI=1S/C16H24N2O2/c1-11(2)14-8-4-6-12(3)15(14)17-16(20)18-9-5-7-13(18)10-19/h4,6,8,11,13,19H,5,7,9-10H2,1-3H3,(H,17,20)/t13-/m1/s1. The number of nitrogens with one attached hydrogen (secondary N) is 1. The van der Waals surface area contributed by atoms with Gasteiger partial charge in [-0.05, 0) is 36.8 Å². The van der Waals surface area contributed by atoms with Crippen molar-refractivity contribution in [3.8, 4) is 0 Å². The molecule has 1 atom stereocenters. The fourth-order valence-electron chi connectivity index (χ4n) is 2.81. The van der Waals surface area contributed by atoms with Gasteiger partial charge < -0.3 is 15.3 Å². The SMILES string of the molecule is Cc1cccc(C(C)C)c1NC(=O)N1CCC[C@@H]1CO. The van der Waals surface area contributed by atoms with Crippen LogP contribution >= 0.6 is 0 Å². The van der Waals surface area contributed by atoms with Crippen molar-refractivity contribution in [2.24, 2.45) is 0 Å². The molecule has 1 aromatic rings. The molecule has 1 aliphatic heterocycles. The van der Waals surface area contributed by atoms with Gasteiger partial charge in [-0.25, -0.2) is 4.79 Å². The smallest absolute Gasteiger partial charge is 0.322 e. The number of benzene rings is 1. The first-order chi connectivity index (χ1) is 9.54. The van der Waals surface area contributed by atoms with Crippen molar-refractivity contribution in [3.63, 3.8) is 0 Å². The molecule has 4 nitrogen and oxygen atoms in total. The molecular weight excluding hydrogens is 252 g/mol. The highest BCUT2D eigenvalue weighted by Crippen LogP contribution is 2.28. The Labute approximate surface area is 120 Å². The van der Waals surface area contributed by atoms with Gasteiger partial charge in [0.25, 0.3) is 0 Å². The molecule has 0 aromatic heterocycles. The summed E-state index contributed by atoms with van der Waals surface area (Å²) in [5, 5.41) is 12.4. The zero-order chi connectivity index (χ0) is 14.7. The fraction of sp³-hybridized carbons (Fsp3) is 0.562. The molecule has 1 aromatic carbocycles. The lowest BCUT2D eigenvalue weighted by Gasteiger charge is -2.25. The van der Waals surface area contributed by atoms with E-state index in [4.69, 9.17) is 0 Å². The van der Waals surface area contributed by atoms with Gasteiger partial charge in [0, 0.05) is 12.2 Å². The molecule has 2 N–H and O–H groups in total. The number of aliphatic hydroxyl groups is 1. The van der Waals surface area contributed by atoms with Gasteiger partial charge >= 0.3 is 6.03 Å². The number of anilines is 1. The van der Waals surface area contributed by atoms with Gasteiger partial charge in [-0.3, -0.25) is 0 Å². The Kier molecular flexibility index (Phi) is 4.65. The zero-order valence-electron chi connectivity index (χ0n) is 12.5. The molecule has 20 heavy (non-hydrogen) atoms. The molecule has 0 aliphatic carbocycles. The van der Waals surface area contributed by atoms with Crippen molar-refractivity contribution in [3.05, 3.63) is 29.3 Å². The maximum Gasteiger partial charge on any atom is 0.322 e. The number of likely N-dealkylation sites (tertiary alicyclic amines) is 1. The molecule has 0 bridgehead atoms. The number of nitrogens with zero attached hydrogens (tertiary/aromatic N) is 1. The second kappa shape index (κ2) is 6.27. The van der Waals surface area contributed by atoms with E-state index >= 15 is 0 Å². The van der Waals surface area contributed by atoms with E-state index in [-0.39, 0.29) is 18.7 Å². The third-order valence-electron chi connectivity index (χ3n) is 4.01. The third kappa shape index (κ3) is 2.96. The molecule has 1 saturated heterocycles. The van der Waals surface area contributed by atoms with Crippen molar-refractivity contribution < 1.29 is 9.90 Å². The fourth-order valence-corrected chi connectivity index (χ4v) is 2.81. The molecule has 1 heterocycles. The molecular formula is C16H24N2O2. The quantitative estimate of drug-likeness (QED) is 0.891. The zero-order valence-corrected chi connectivity index (χ0v) is 12.5. The van der Waals surface area contributed by atoms with Crippen molar-refractivity contribution in [2.45, 2.75) is 45.6 Å². The average molecular weight is 276 g/mol. The van der Waals surface area contributed by atoms with E-state index in [0.717, 1.165) is 36.2 Å². The first-order valence-electron chi connectivity index (χ1n) is 7.32. The van der Waals surface area contributed by atoms with Gasteiger partial charge in [-0.2, -0.15) is 0 Å². The largest absolute Gasteiger partial charge is 0.394 e. The number of hydrogen-bond acceptors (Lipinski definition) is 2. The number of para-hydroxylation sites is 1. The molecule has 1 aliphatic rings. The van der Waals surface area contributed by atoms with Crippen molar-refractivity contribution in [1.29, 1.82) is 0 Å². The summed E-state index contributed by atoms with van der Waals surface area (Å²) in [5.41, 5.74) is 3.14. The average Bonchev–Trinajstić information content (AvgIpc) is 2.89. The Morgan fingerprint density at radius 3 is 2.90 bits per heavy atom. The Hall–Kier alpha value is -1.55. The summed E-state index contributed by atoms with van der Waals surface area (Å²) in [6, 6.07) is 5.95. The first kappa shape index (κ1) is 14.9. The number of carbonyl (C=O) groups excluding carboxylic acids is 1. The Bertz CT molecular complexity index is 485. The molecule has 0 unspecified atom stereocenters. The first-order valence-corrected chi connectivity index (χ1v) is 7.32. The van der Waals surface area contributed by atoms with Crippen molar-refractivity contribution >= 4 is 11.7 Å². The van der Waals surface area contributed by atoms with Crippen LogP contribution in [0.25, 0.3) is 0 Å². The van der Waals surface area contributed by atoms with E-state index in [1.807, 2.05) is 19.1 Å². The Balaban J connectivity index is 2.19. The number of urea groups is 1. The molecule has 0 spiro atoms. The number of hydrogen-bond donors (Lipinski definition) is 2. The Morgan fingerprint density at radius 1 is 1.50 bits per heavy atom. The molecule has 4 heteroatoms. The van der Waals surface area contributed by atoms with E-state index in [9.17, 15) is 9.90 Å². The van der Waals surface area contributed by atoms with Crippen molar-refractivity contribution in [2.75, 3.05) is 18.5 Å². The molecule has 110 valence electrons. The molecule has 2 rings (SSSR count). The van der Waals surface area contributed by atoms with Crippen LogP contribution in [0.4, 0.5) is 10.5 Å². The van der Waals surface area contributed by atoms with Crippen LogP contribution in [0.2, 0.25) is 0 Å². The second-order valence-corrected chi connectivity index (χ2v) is 5.80. The minimum atomic E-state index is -0.0993. The van der Waals surface area contributed by atoms with Crippen LogP contribution in [0.15, 0.2) is 18.2 Å². The summed E-state index contributed by atoms with van der Waals surface area (Å²) in [5.74, 6) is 0.359. The van der Waals surface area contributed by atoms with Crippen molar-refractivity contribution in [1.82, 2.24) is 4.90 Å². The van der Waals surface area contributed by atoms with Gasteiger partial charge in [-0.1, -0.05) is 32.0 Å². The van der Waals surface area contributed by atoms with E-state index in [2.05, 4.69) is 25.2 Å².